The Kier molecular flexibility index (Phi) is 4.34. The largest absolute Gasteiger partial charge is 0.381 e. The molecule has 84 valence electrons. The van der Waals surface area contributed by atoms with Gasteiger partial charge < -0.3 is 4.74 Å². The van der Waals surface area contributed by atoms with E-state index < -0.39 is 10.1 Å². The second-order valence-electron chi connectivity index (χ2n) is 3.87. The van der Waals surface area contributed by atoms with Crippen LogP contribution in [0, 0.1) is 5.92 Å². The maximum absolute atomic E-state index is 10.7. The Morgan fingerprint density at radius 2 is 1.79 bits per heavy atom. The molecule has 14 heavy (non-hydrogen) atoms. The molecule has 0 bridgehead atoms. The molecule has 0 aliphatic heterocycles. The van der Waals surface area contributed by atoms with E-state index in [2.05, 4.69) is 0 Å². The van der Waals surface area contributed by atoms with Crippen molar-refractivity contribution in [2.24, 2.45) is 5.92 Å². The van der Waals surface area contributed by atoms with E-state index in [0.29, 0.717) is 18.6 Å². The van der Waals surface area contributed by atoms with Crippen molar-refractivity contribution in [2.75, 3.05) is 20.0 Å². The van der Waals surface area contributed by atoms with E-state index in [1.807, 2.05) is 0 Å². The summed E-state index contributed by atoms with van der Waals surface area (Å²) in [5.74, 6) is 0.371. The fraction of sp³-hybridized carbons (Fsp3) is 1.00. The number of rotatable bonds is 4. The van der Waals surface area contributed by atoms with Crippen LogP contribution in [0.2, 0.25) is 0 Å². The zero-order valence-electron chi connectivity index (χ0n) is 8.73. The number of hydrogen-bond donors (Lipinski definition) is 0. The standard InChI is InChI=1S/C9H18O4S/c1-12-9-5-3-8(4-6-9)7-13-14(2,10)11/h8-9H,3-7H2,1-2H3/t8-,9+. The van der Waals surface area contributed by atoms with Crippen molar-refractivity contribution in [3.63, 3.8) is 0 Å². The van der Waals surface area contributed by atoms with E-state index in [-0.39, 0.29) is 0 Å². The van der Waals surface area contributed by atoms with Crippen molar-refractivity contribution in [1.82, 2.24) is 0 Å². The molecule has 1 aliphatic rings. The van der Waals surface area contributed by atoms with Crippen LogP contribution >= 0.6 is 0 Å². The molecule has 1 saturated carbocycles. The van der Waals surface area contributed by atoms with Gasteiger partial charge >= 0.3 is 0 Å². The highest BCUT2D eigenvalue weighted by Gasteiger charge is 2.21. The van der Waals surface area contributed by atoms with E-state index in [0.717, 1.165) is 31.9 Å². The van der Waals surface area contributed by atoms with Gasteiger partial charge in [0.2, 0.25) is 0 Å². The molecule has 4 nitrogen and oxygen atoms in total. The monoisotopic (exact) mass is 222 g/mol. The van der Waals surface area contributed by atoms with Gasteiger partial charge in [-0.1, -0.05) is 0 Å². The highest BCUT2D eigenvalue weighted by Crippen LogP contribution is 2.26. The molecule has 0 aromatic carbocycles. The Morgan fingerprint density at radius 3 is 2.21 bits per heavy atom. The summed E-state index contributed by atoms with van der Waals surface area (Å²) in [6.45, 7) is 0.329. The van der Waals surface area contributed by atoms with Crippen molar-refractivity contribution >= 4 is 10.1 Å². The van der Waals surface area contributed by atoms with Crippen LogP contribution in [-0.4, -0.2) is 34.5 Å². The van der Waals surface area contributed by atoms with Crippen LogP contribution in [0.1, 0.15) is 25.7 Å². The summed E-state index contributed by atoms with van der Waals surface area (Å²) in [4.78, 5) is 0. The third-order valence-corrected chi connectivity index (χ3v) is 3.21. The zero-order chi connectivity index (χ0) is 10.6. The average molecular weight is 222 g/mol. The molecule has 0 amide bonds. The fourth-order valence-electron chi connectivity index (χ4n) is 1.75. The number of hydrogen-bond acceptors (Lipinski definition) is 4. The van der Waals surface area contributed by atoms with Crippen LogP contribution in [0.25, 0.3) is 0 Å². The molecule has 0 N–H and O–H groups in total. The molecular weight excluding hydrogens is 204 g/mol. The highest BCUT2D eigenvalue weighted by atomic mass is 32.2. The predicted octanol–water partition coefficient (Wildman–Crippen LogP) is 1.17. The second kappa shape index (κ2) is 5.09. The van der Waals surface area contributed by atoms with E-state index in [9.17, 15) is 8.42 Å². The lowest BCUT2D eigenvalue weighted by Gasteiger charge is -2.26. The Morgan fingerprint density at radius 1 is 1.21 bits per heavy atom. The summed E-state index contributed by atoms with van der Waals surface area (Å²) in [5.41, 5.74) is 0. The van der Waals surface area contributed by atoms with Crippen molar-refractivity contribution in [3.8, 4) is 0 Å². The van der Waals surface area contributed by atoms with Crippen LogP contribution in [-0.2, 0) is 19.0 Å². The molecule has 0 aromatic rings. The van der Waals surface area contributed by atoms with Gasteiger partial charge in [0.1, 0.15) is 0 Å². The number of methoxy groups -OCH3 is 1. The van der Waals surface area contributed by atoms with Crippen LogP contribution in [0.15, 0.2) is 0 Å². The summed E-state index contributed by atoms with van der Waals surface area (Å²) in [7, 11) is -1.55. The van der Waals surface area contributed by atoms with Gasteiger partial charge in [-0.3, -0.25) is 4.18 Å². The predicted molar refractivity (Wildman–Crippen MR) is 53.6 cm³/mol. The first kappa shape index (κ1) is 11.9. The average Bonchev–Trinajstić information content (AvgIpc) is 2.14. The van der Waals surface area contributed by atoms with Crippen LogP contribution in [0.3, 0.4) is 0 Å². The SMILES string of the molecule is CO[C@H]1CC[C@@H](COS(C)(=O)=O)CC1. The minimum atomic E-state index is -3.27. The Hall–Kier alpha value is -0.130. The van der Waals surface area contributed by atoms with E-state index in [4.69, 9.17) is 8.92 Å². The lowest BCUT2D eigenvalue weighted by Crippen LogP contribution is -2.24. The molecule has 5 heteroatoms. The van der Waals surface area contributed by atoms with Crippen molar-refractivity contribution in [1.29, 1.82) is 0 Å². The minimum absolute atomic E-state index is 0.329. The first-order chi connectivity index (χ1) is 6.51. The summed E-state index contributed by atoms with van der Waals surface area (Å²) < 4.78 is 31.5. The topological polar surface area (TPSA) is 52.6 Å². The first-order valence-electron chi connectivity index (χ1n) is 4.88. The first-order valence-corrected chi connectivity index (χ1v) is 6.70. The van der Waals surface area contributed by atoms with E-state index in [1.165, 1.54) is 0 Å². The van der Waals surface area contributed by atoms with E-state index in [1.54, 1.807) is 7.11 Å². The third kappa shape index (κ3) is 4.39. The normalized spacial score (nSPS) is 29.0. The molecular formula is C9H18O4S. The van der Waals surface area contributed by atoms with Gasteiger partial charge in [-0.25, -0.2) is 0 Å². The molecule has 0 atom stereocenters. The van der Waals surface area contributed by atoms with Gasteiger partial charge in [0.05, 0.1) is 19.0 Å². The Balaban J connectivity index is 2.23. The smallest absolute Gasteiger partial charge is 0.264 e. The fourth-order valence-corrected chi connectivity index (χ4v) is 2.19. The number of ether oxygens (including phenoxy) is 1. The van der Waals surface area contributed by atoms with E-state index >= 15 is 0 Å². The molecule has 0 unspecified atom stereocenters. The quantitative estimate of drug-likeness (QED) is 0.670. The second-order valence-corrected chi connectivity index (χ2v) is 5.51. The molecule has 0 radical (unpaired) electrons. The van der Waals surface area contributed by atoms with Crippen LogP contribution in [0.5, 0.6) is 0 Å². The minimum Gasteiger partial charge on any atom is -0.381 e. The zero-order valence-corrected chi connectivity index (χ0v) is 9.55. The molecule has 0 saturated heterocycles. The van der Waals surface area contributed by atoms with Gasteiger partial charge in [0.15, 0.2) is 0 Å². The Bertz CT molecular complexity index is 252. The molecule has 1 fully saturated rings. The molecule has 0 heterocycles. The molecule has 0 aromatic heterocycles. The van der Waals surface area contributed by atoms with Gasteiger partial charge in [0, 0.05) is 7.11 Å². The lowest BCUT2D eigenvalue weighted by molar-refractivity contribution is 0.0488. The van der Waals surface area contributed by atoms with Gasteiger partial charge in [0.25, 0.3) is 10.1 Å². The maximum Gasteiger partial charge on any atom is 0.264 e. The van der Waals surface area contributed by atoms with Gasteiger partial charge in [-0.05, 0) is 31.6 Å². The lowest BCUT2D eigenvalue weighted by atomic mass is 9.88. The summed E-state index contributed by atoms with van der Waals surface area (Å²) in [5, 5.41) is 0. The van der Waals surface area contributed by atoms with Crippen molar-refractivity contribution in [2.45, 2.75) is 31.8 Å². The van der Waals surface area contributed by atoms with Crippen LogP contribution in [0.4, 0.5) is 0 Å². The summed E-state index contributed by atoms with van der Waals surface area (Å²) in [6.07, 6.45) is 5.45. The van der Waals surface area contributed by atoms with Gasteiger partial charge in [-0.15, -0.1) is 0 Å². The molecule has 1 aliphatic carbocycles. The summed E-state index contributed by atoms with van der Waals surface area (Å²) in [6, 6.07) is 0. The third-order valence-electron chi connectivity index (χ3n) is 2.64. The molecule has 1 rings (SSSR count). The van der Waals surface area contributed by atoms with Crippen molar-refractivity contribution in [3.05, 3.63) is 0 Å². The van der Waals surface area contributed by atoms with Gasteiger partial charge in [-0.2, -0.15) is 8.42 Å². The van der Waals surface area contributed by atoms with Crippen LogP contribution < -0.4 is 0 Å². The molecule has 0 spiro atoms. The maximum atomic E-state index is 10.7. The highest BCUT2D eigenvalue weighted by molar-refractivity contribution is 7.85. The Labute approximate surface area is 85.7 Å². The van der Waals surface area contributed by atoms with Crippen molar-refractivity contribution < 1.29 is 17.3 Å². The summed E-state index contributed by atoms with van der Waals surface area (Å²) >= 11 is 0.